The summed E-state index contributed by atoms with van der Waals surface area (Å²) in [6.45, 7) is 15.2. The Balaban J connectivity index is 3.59. The van der Waals surface area contributed by atoms with E-state index >= 15 is 0 Å². The summed E-state index contributed by atoms with van der Waals surface area (Å²) in [6, 6.07) is 0. The Bertz CT molecular complexity index is 170. The molecule has 0 heterocycles. The molecule has 0 amide bonds. The number of hydrogen-bond acceptors (Lipinski definition) is 1. The fraction of sp³-hybridized carbons (Fsp3) is 0.857. The Hall–Kier alpha value is -0.300. The van der Waals surface area contributed by atoms with Crippen LogP contribution in [0.25, 0.3) is 0 Å². The van der Waals surface area contributed by atoms with Gasteiger partial charge in [0.25, 0.3) is 0 Å². The lowest BCUT2D eigenvalue weighted by atomic mass is 9.87. The summed E-state index contributed by atoms with van der Waals surface area (Å²) in [5, 5.41) is 3.50. The zero-order valence-corrected chi connectivity index (χ0v) is 11.2. The Kier molecular flexibility index (Phi) is 7.76. The summed E-state index contributed by atoms with van der Waals surface area (Å²) in [6.07, 6.45) is 6.46. The Morgan fingerprint density at radius 2 is 1.87 bits per heavy atom. The zero-order valence-electron chi connectivity index (χ0n) is 11.2. The normalized spacial score (nSPS) is 11.7. The fourth-order valence-electron chi connectivity index (χ4n) is 1.64. The van der Waals surface area contributed by atoms with Crippen LogP contribution in [0.3, 0.4) is 0 Å². The third kappa shape index (κ3) is 8.68. The summed E-state index contributed by atoms with van der Waals surface area (Å²) >= 11 is 0. The van der Waals surface area contributed by atoms with Crippen molar-refractivity contribution in [2.24, 2.45) is 5.41 Å². The van der Waals surface area contributed by atoms with Crippen molar-refractivity contribution in [3.05, 3.63) is 12.2 Å². The van der Waals surface area contributed by atoms with Crippen LogP contribution in [0.4, 0.5) is 0 Å². The quantitative estimate of drug-likeness (QED) is 0.446. The second-order valence-electron chi connectivity index (χ2n) is 5.33. The predicted molar refractivity (Wildman–Crippen MR) is 70.2 cm³/mol. The molecule has 0 radical (unpaired) electrons. The van der Waals surface area contributed by atoms with E-state index < -0.39 is 0 Å². The highest BCUT2D eigenvalue weighted by molar-refractivity contribution is 4.95. The van der Waals surface area contributed by atoms with E-state index in [2.05, 4.69) is 39.6 Å². The molecule has 1 N–H and O–H groups in total. The maximum Gasteiger partial charge on any atom is 0.0162 e. The first kappa shape index (κ1) is 14.7. The number of rotatable bonds is 9. The predicted octanol–water partition coefficient (Wildman–Crippen LogP) is 4.15. The van der Waals surface area contributed by atoms with Crippen LogP contribution < -0.4 is 5.32 Å². The van der Waals surface area contributed by atoms with Crippen molar-refractivity contribution in [1.29, 1.82) is 0 Å². The SMILES string of the molecule is C=C(CC)CNCC(C)(C)CCCCC. The molecule has 15 heavy (non-hydrogen) atoms. The van der Waals surface area contributed by atoms with Gasteiger partial charge < -0.3 is 5.32 Å². The molecule has 0 saturated carbocycles. The average molecular weight is 211 g/mol. The highest BCUT2D eigenvalue weighted by Gasteiger charge is 2.16. The molecular weight excluding hydrogens is 182 g/mol. The molecule has 0 aromatic heterocycles. The number of nitrogens with one attached hydrogen (secondary N) is 1. The van der Waals surface area contributed by atoms with Gasteiger partial charge in [-0.25, -0.2) is 0 Å². The van der Waals surface area contributed by atoms with E-state index in [1.165, 1.54) is 31.3 Å². The lowest BCUT2D eigenvalue weighted by Gasteiger charge is -2.25. The molecule has 0 aromatic carbocycles. The maximum absolute atomic E-state index is 4.01. The second-order valence-corrected chi connectivity index (χ2v) is 5.33. The molecule has 90 valence electrons. The molecule has 0 aliphatic carbocycles. The third-order valence-corrected chi connectivity index (χ3v) is 2.94. The average Bonchev–Trinajstić information content (AvgIpc) is 2.17. The van der Waals surface area contributed by atoms with Gasteiger partial charge in [0, 0.05) is 13.1 Å². The summed E-state index contributed by atoms with van der Waals surface area (Å²) in [5.41, 5.74) is 1.74. The molecule has 0 saturated heterocycles. The van der Waals surface area contributed by atoms with Gasteiger partial charge in [0.15, 0.2) is 0 Å². The zero-order chi connectivity index (χ0) is 11.7. The second kappa shape index (κ2) is 7.92. The molecule has 1 nitrogen and oxygen atoms in total. The van der Waals surface area contributed by atoms with Crippen LogP contribution in [0.5, 0.6) is 0 Å². The van der Waals surface area contributed by atoms with Crippen LogP contribution in [-0.2, 0) is 0 Å². The van der Waals surface area contributed by atoms with Crippen LogP contribution >= 0.6 is 0 Å². The van der Waals surface area contributed by atoms with Crippen molar-refractivity contribution in [3.63, 3.8) is 0 Å². The van der Waals surface area contributed by atoms with Crippen molar-refractivity contribution >= 4 is 0 Å². The van der Waals surface area contributed by atoms with Crippen LogP contribution in [0.15, 0.2) is 12.2 Å². The molecule has 0 fully saturated rings. The van der Waals surface area contributed by atoms with Gasteiger partial charge in [0.1, 0.15) is 0 Å². The van der Waals surface area contributed by atoms with Gasteiger partial charge in [-0.15, -0.1) is 0 Å². The maximum atomic E-state index is 4.01. The third-order valence-electron chi connectivity index (χ3n) is 2.94. The Morgan fingerprint density at radius 1 is 1.20 bits per heavy atom. The van der Waals surface area contributed by atoms with E-state index in [1.54, 1.807) is 0 Å². The first-order valence-electron chi connectivity index (χ1n) is 6.39. The summed E-state index contributed by atoms with van der Waals surface area (Å²) in [5.74, 6) is 0. The van der Waals surface area contributed by atoms with E-state index in [0.717, 1.165) is 19.5 Å². The highest BCUT2D eigenvalue weighted by Crippen LogP contribution is 2.22. The van der Waals surface area contributed by atoms with Crippen molar-refractivity contribution in [2.75, 3.05) is 13.1 Å². The summed E-state index contributed by atoms with van der Waals surface area (Å²) in [7, 11) is 0. The molecule has 1 heteroatoms. The molecule has 0 atom stereocenters. The lowest BCUT2D eigenvalue weighted by molar-refractivity contribution is 0.306. The van der Waals surface area contributed by atoms with Crippen LogP contribution in [0.2, 0.25) is 0 Å². The van der Waals surface area contributed by atoms with Crippen LogP contribution in [0.1, 0.15) is 59.8 Å². The molecule has 0 unspecified atom stereocenters. The number of unbranched alkanes of at least 4 members (excludes halogenated alkanes) is 2. The number of hydrogen-bond donors (Lipinski definition) is 1. The molecule has 0 aromatic rings. The van der Waals surface area contributed by atoms with Gasteiger partial charge in [-0.05, 0) is 18.3 Å². The molecule has 0 bridgehead atoms. The van der Waals surface area contributed by atoms with E-state index in [9.17, 15) is 0 Å². The van der Waals surface area contributed by atoms with Crippen LogP contribution in [0, 0.1) is 5.41 Å². The molecule has 0 spiro atoms. The minimum absolute atomic E-state index is 0.434. The van der Waals surface area contributed by atoms with Crippen molar-refractivity contribution in [3.8, 4) is 0 Å². The first-order chi connectivity index (χ1) is 7.02. The van der Waals surface area contributed by atoms with Crippen LogP contribution in [-0.4, -0.2) is 13.1 Å². The minimum atomic E-state index is 0.434. The fourth-order valence-corrected chi connectivity index (χ4v) is 1.64. The van der Waals surface area contributed by atoms with E-state index in [0.29, 0.717) is 5.41 Å². The van der Waals surface area contributed by atoms with E-state index in [-0.39, 0.29) is 0 Å². The summed E-state index contributed by atoms with van der Waals surface area (Å²) in [4.78, 5) is 0. The summed E-state index contributed by atoms with van der Waals surface area (Å²) < 4.78 is 0. The smallest absolute Gasteiger partial charge is 0.0162 e. The van der Waals surface area contributed by atoms with Gasteiger partial charge >= 0.3 is 0 Å². The Labute approximate surface area is 96.3 Å². The molecular formula is C14H29N. The lowest BCUT2D eigenvalue weighted by Crippen LogP contribution is -2.30. The molecule has 0 rings (SSSR count). The van der Waals surface area contributed by atoms with Gasteiger partial charge in [0.2, 0.25) is 0 Å². The molecule has 0 aliphatic heterocycles. The van der Waals surface area contributed by atoms with Gasteiger partial charge in [-0.2, -0.15) is 0 Å². The topological polar surface area (TPSA) is 12.0 Å². The standard InChI is InChI=1S/C14H29N/c1-6-8-9-10-14(4,5)12-15-11-13(3)7-2/h15H,3,6-12H2,1-2,4-5H3. The van der Waals surface area contributed by atoms with Gasteiger partial charge in [-0.3, -0.25) is 0 Å². The van der Waals surface area contributed by atoms with E-state index in [1.807, 2.05) is 0 Å². The van der Waals surface area contributed by atoms with Crippen molar-refractivity contribution in [2.45, 2.75) is 59.8 Å². The molecule has 0 aliphatic rings. The van der Waals surface area contributed by atoms with Gasteiger partial charge in [0.05, 0.1) is 0 Å². The largest absolute Gasteiger partial charge is 0.312 e. The monoisotopic (exact) mass is 211 g/mol. The van der Waals surface area contributed by atoms with Gasteiger partial charge in [-0.1, -0.05) is 59.1 Å². The Morgan fingerprint density at radius 3 is 2.40 bits per heavy atom. The van der Waals surface area contributed by atoms with E-state index in [4.69, 9.17) is 0 Å². The minimum Gasteiger partial charge on any atom is -0.312 e. The first-order valence-corrected chi connectivity index (χ1v) is 6.39. The highest BCUT2D eigenvalue weighted by atomic mass is 14.9. The van der Waals surface area contributed by atoms with Crippen molar-refractivity contribution in [1.82, 2.24) is 5.32 Å². The van der Waals surface area contributed by atoms with Crippen molar-refractivity contribution < 1.29 is 0 Å².